The molecule has 2 rings (SSSR count). The van der Waals surface area contributed by atoms with Crippen LogP contribution in [0.5, 0.6) is 0 Å². The van der Waals surface area contributed by atoms with E-state index in [0.717, 1.165) is 48.3 Å². The zero-order valence-corrected chi connectivity index (χ0v) is 11.1. The molecule has 0 radical (unpaired) electrons. The van der Waals surface area contributed by atoms with Gasteiger partial charge in [0.05, 0.1) is 0 Å². The minimum atomic E-state index is 0. The number of nitrogens with one attached hydrogen (secondary N) is 1. The Morgan fingerprint density at radius 1 is 1.12 bits per heavy atom. The van der Waals surface area contributed by atoms with Gasteiger partial charge in [0.2, 0.25) is 0 Å². The monoisotopic (exact) mass is 279 g/mol. The van der Waals surface area contributed by atoms with E-state index in [-0.39, 0.29) is 12.4 Å². The Labute approximate surface area is 112 Å². The summed E-state index contributed by atoms with van der Waals surface area (Å²) in [4.78, 5) is 2.36. The highest BCUT2D eigenvalue weighted by molar-refractivity contribution is 6.35. The number of piperazine rings is 1. The molecule has 2 nitrogen and oxygen atoms in total. The zero-order valence-electron chi connectivity index (χ0n) is 8.85. The molecule has 1 aliphatic heterocycles. The molecule has 0 unspecified atom stereocenters. The van der Waals surface area contributed by atoms with Crippen molar-refractivity contribution in [3.8, 4) is 0 Å². The zero-order chi connectivity index (χ0) is 10.7. The number of hydrogen-bond donors (Lipinski definition) is 1. The number of benzene rings is 1. The van der Waals surface area contributed by atoms with E-state index in [1.54, 1.807) is 0 Å². The molecule has 0 saturated carbocycles. The molecule has 0 aromatic heterocycles. The minimum Gasteiger partial charge on any atom is -1.00 e. The molecular weight excluding hydrogens is 266 g/mol. The molecule has 1 N–H and O–H groups in total. The van der Waals surface area contributed by atoms with Crippen molar-refractivity contribution in [3.63, 3.8) is 0 Å². The first-order valence-electron chi connectivity index (χ1n) is 5.13. The van der Waals surface area contributed by atoms with Crippen LogP contribution in [0, 0.1) is 0 Å². The number of nitrogens with zero attached hydrogens (tertiary/aromatic N) is 1. The Bertz CT molecular complexity index is 318. The van der Waals surface area contributed by atoms with Crippen LogP contribution in [-0.2, 0) is 6.54 Å². The van der Waals surface area contributed by atoms with Crippen LogP contribution in [0.25, 0.3) is 0 Å². The van der Waals surface area contributed by atoms with Gasteiger partial charge in [-0.05, 0) is 12.1 Å². The largest absolute Gasteiger partial charge is 1.00 e. The summed E-state index contributed by atoms with van der Waals surface area (Å²) in [7, 11) is 0. The average Bonchev–Trinajstić information content (AvgIpc) is 2.25. The van der Waals surface area contributed by atoms with Crippen LogP contribution in [0.1, 0.15) is 5.56 Å². The van der Waals surface area contributed by atoms with Crippen molar-refractivity contribution in [2.24, 2.45) is 0 Å². The van der Waals surface area contributed by atoms with Gasteiger partial charge >= 0.3 is 0 Å². The fourth-order valence-electron chi connectivity index (χ4n) is 1.78. The van der Waals surface area contributed by atoms with Crippen molar-refractivity contribution < 1.29 is 12.4 Å². The van der Waals surface area contributed by atoms with E-state index < -0.39 is 0 Å². The highest BCUT2D eigenvalue weighted by Gasteiger charge is 2.13. The van der Waals surface area contributed by atoms with Gasteiger partial charge in [-0.15, -0.1) is 0 Å². The van der Waals surface area contributed by atoms with E-state index in [4.69, 9.17) is 23.2 Å². The third-order valence-electron chi connectivity index (χ3n) is 2.65. The lowest BCUT2D eigenvalue weighted by Crippen LogP contribution is -3.00. The summed E-state index contributed by atoms with van der Waals surface area (Å²) in [5.74, 6) is 0. The second kappa shape index (κ2) is 6.67. The third kappa shape index (κ3) is 3.51. The number of halogens is 3. The van der Waals surface area contributed by atoms with Crippen LogP contribution < -0.4 is 17.7 Å². The summed E-state index contributed by atoms with van der Waals surface area (Å²) in [6.45, 7) is 5.05. The van der Waals surface area contributed by atoms with Crippen LogP contribution in [0.4, 0.5) is 0 Å². The van der Waals surface area contributed by atoms with E-state index in [0.29, 0.717) is 0 Å². The van der Waals surface area contributed by atoms with Crippen LogP contribution in [-0.4, -0.2) is 31.1 Å². The van der Waals surface area contributed by atoms with Crippen molar-refractivity contribution >= 4 is 23.2 Å². The van der Waals surface area contributed by atoms with Crippen LogP contribution >= 0.6 is 23.2 Å². The molecule has 0 amide bonds. The van der Waals surface area contributed by atoms with Crippen molar-refractivity contribution in [3.05, 3.63) is 33.8 Å². The molecule has 1 saturated heterocycles. The second-order valence-electron chi connectivity index (χ2n) is 3.73. The van der Waals surface area contributed by atoms with Gasteiger partial charge in [0.1, 0.15) is 0 Å². The molecule has 16 heavy (non-hydrogen) atoms. The standard InChI is InChI=1S/C11H14Cl2N2.ClH/c12-10-2-1-3-11(13)9(10)8-15-6-4-14-5-7-15;/h1-3,14H,4-8H2;1H/p-1. The first kappa shape index (κ1) is 14.1. The lowest BCUT2D eigenvalue weighted by Gasteiger charge is -2.27. The summed E-state index contributed by atoms with van der Waals surface area (Å²) in [6.07, 6.45) is 0. The van der Waals surface area contributed by atoms with Gasteiger partial charge in [-0.3, -0.25) is 4.90 Å². The molecule has 0 aliphatic carbocycles. The van der Waals surface area contributed by atoms with Crippen molar-refractivity contribution in [1.29, 1.82) is 0 Å². The Morgan fingerprint density at radius 2 is 1.69 bits per heavy atom. The molecule has 90 valence electrons. The highest BCUT2D eigenvalue weighted by Crippen LogP contribution is 2.25. The van der Waals surface area contributed by atoms with Gasteiger partial charge in [-0.25, -0.2) is 0 Å². The topological polar surface area (TPSA) is 15.3 Å². The molecular formula is C11H14Cl3N2-. The Kier molecular flexibility index (Phi) is 5.87. The highest BCUT2D eigenvalue weighted by atomic mass is 35.5. The first-order valence-corrected chi connectivity index (χ1v) is 5.89. The minimum absolute atomic E-state index is 0. The van der Waals surface area contributed by atoms with E-state index in [1.165, 1.54) is 0 Å². The quantitative estimate of drug-likeness (QED) is 0.779. The molecule has 0 spiro atoms. The summed E-state index contributed by atoms with van der Waals surface area (Å²) < 4.78 is 0. The smallest absolute Gasteiger partial charge is 0.0465 e. The van der Waals surface area contributed by atoms with Crippen molar-refractivity contribution in [2.45, 2.75) is 6.54 Å². The average molecular weight is 281 g/mol. The molecule has 1 aromatic rings. The van der Waals surface area contributed by atoms with Crippen LogP contribution in [0.2, 0.25) is 10.0 Å². The number of hydrogen-bond acceptors (Lipinski definition) is 2. The van der Waals surface area contributed by atoms with Gasteiger partial charge in [0.25, 0.3) is 0 Å². The summed E-state index contributed by atoms with van der Waals surface area (Å²) in [6, 6.07) is 5.67. The van der Waals surface area contributed by atoms with Gasteiger partial charge in [-0.2, -0.15) is 0 Å². The van der Waals surface area contributed by atoms with Crippen LogP contribution in [0.3, 0.4) is 0 Å². The fourth-order valence-corrected chi connectivity index (χ4v) is 2.29. The molecule has 1 aliphatic rings. The molecule has 1 fully saturated rings. The lowest BCUT2D eigenvalue weighted by molar-refractivity contribution is -0.00000292. The predicted molar refractivity (Wildman–Crippen MR) is 64.6 cm³/mol. The molecule has 0 bridgehead atoms. The maximum absolute atomic E-state index is 6.12. The summed E-state index contributed by atoms with van der Waals surface area (Å²) in [5.41, 5.74) is 1.04. The predicted octanol–water partition coefficient (Wildman–Crippen LogP) is -0.597. The maximum Gasteiger partial charge on any atom is 0.0465 e. The molecule has 5 heteroatoms. The Hall–Kier alpha value is 0.01000. The molecule has 1 heterocycles. The van der Waals surface area contributed by atoms with Gasteiger partial charge in [0, 0.05) is 48.3 Å². The second-order valence-corrected chi connectivity index (χ2v) is 4.54. The van der Waals surface area contributed by atoms with Crippen molar-refractivity contribution in [2.75, 3.05) is 26.2 Å². The van der Waals surface area contributed by atoms with E-state index in [9.17, 15) is 0 Å². The number of rotatable bonds is 2. The van der Waals surface area contributed by atoms with Crippen LogP contribution in [0.15, 0.2) is 18.2 Å². The van der Waals surface area contributed by atoms with Gasteiger partial charge in [0.15, 0.2) is 0 Å². The Morgan fingerprint density at radius 3 is 2.25 bits per heavy atom. The lowest BCUT2D eigenvalue weighted by atomic mass is 10.2. The third-order valence-corrected chi connectivity index (χ3v) is 3.36. The van der Waals surface area contributed by atoms with Gasteiger partial charge < -0.3 is 17.7 Å². The molecule has 0 atom stereocenters. The SMILES string of the molecule is Clc1cccc(Cl)c1CN1CCNCC1.[Cl-]. The van der Waals surface area contributed by atoms with Gasteiger partial charge in [-0.1, -0.05) is 29.3 Å². The summed E-state index contributed by atoms with van der Waals surface area (Å²) >= 11 is 12.2. The Balaban J connectivity index is 0.00000128. The normalized spacial score (nSPS) is 16.9. The fraction of sp³-hybridized carbons (Fsp3) is 0.455. The van der Waals surface area contributed by atoms with E-state index in [2.05, 4.69) is 10.2 Å². The van der Waals surface area contributed by atoms with E-state index >= 15 is 0 Å². The maximum atomic E-state index is 6.12. The first-order chi connectivity index (χ1) is 7.27. The summed E-state index contributed by atoms with van der Waals surface area (Å²) in [5, 5.41) is 4.85. The van der Waals surface area contributed by atoms with Crippen molar-refractivity contribution in [1.82, 2.24) is 10.2 Å². The molecule has 1 aromatic carbocycles. The van der Waals surface area contributed by atoms with E-state index in [1.807, 2.05) is 18.2 Å².